The Morgan fingerprint density at radius 3 is 2.58 bits per heavy atom. The first-order valence-electron chi connectivity index (χ1n) is 11.0. The zero-order chi connectivity index (χ0) is 21.6. The number of allylic oxidation sites excluding steroid dienone is 1. The van der Waals surface area contributed by atoms with Gasteiger partial charge in [0.15, 0.2) is 0 Å². The maximum Gasteiger partial charge on any atom is 0.268 e. The molecule has 6 rings (SSSR count). The minimum absolute atomic E-state index is 0.000572. The number of hydrogen-bond donors (Lipinski definition) is 0. The predicted molar refractivity (Wildman–Crippen MR) is 119 cm³/mol. The first-order chi connectivity index (χ1) is 14.8. The summed E-state index contributed by atoms with van der Waals surface area (Å²) in [5.74, 6) is 0.146. The molecule has 4 aliphatic rings. The molecule has 1 aliphatic carbocycles. The maximum absolute atomic E-state index is 13.9. The average Bonchev–Trinajstić information content (AvgIpc) is 3.21. The van der Waals surface area contributed by atoms with Gasteiger partial charge in [-0.1, -0.05) is 48.9 Å². The SMILES string of the molecule is Cc1ccc(S(=O)(=O)N2C3=CC[C@@]4(C)CCCN5C(=O)C[C@]3(c3ccccc32)[C@H]54)cc1. The van der Waals surface area contributed by atoms with Crippen molar-refractivity contribution < 1.29 is 13.2 Å². The normalized spacial score (nSPS) is 31.2. The molecule has 3 heterocycles. The second-order valence-electron chi connectivity index (χ2n) is 9.79. The first-order valence-corrected chi connectivity index (χ1v) is 12.4. The lowest BCUT2D eigenvalue weighted by molar-refractivity contribution is -0.132. The van der Waals surface area contributed by atoms with Crippen LogP contribution in [0.1, 0.15) is 43.7 Å². The highest BCUT2D eigenvalue weighted by Crippen LogP contribution is 2.65. The second-order valence-corrected chi connectivity index (χ2v) is 11.6. The van der Waals surface area contributed by atoms with Crippen molar-refractivity contribution >= 4 is 21.6 Å². The third-order valence-electron chi connectivity index (χ3n) is 7.94. The number of hydrogen-bond acceptors (Lipinski definition) is 3. The van der Waals surface area contributed by atoms with Gasteiger partial charge in [0.25, 0.3) is 10.0 Å². The third kappa shape index (κ3) is 2.26. The van der Waals surface area contributed by atoms with Crippen LogP contribution in [0.3, 0.4) is 0 Å². The monoisotopic (exact) mass is 434 g/mol. The molecule has 5 nitrogen and oxygen atoms in total. The number of piperidine rings is 1. The molecule has 0 radical (unpaired) electrons. The van der Waals surface area contributed by atoms with Gasteiger partial charge in [-0.05, 0) is 55.4 Å². The van der Waals surface area contributed by atoms with Gasteiger partial charge in [-0.25, -0.2) is 12.7 Å². The van der Waals surface area contributed by atoms with E-state index in [1.807, 2.05) is 43.3 Å². The zero-order valence-electron chi connectivity index (χ0n) is 17.8. The van der Waals surface area contributed by atoms with Gasteiger partial charge in [0.05, 0.1) is 22.0 Å². The van der Waals surface area contributed by atoms with E-state index in [1.165, 1.54) is 4.31 Å². The van der Waals surface area contributed by atoms with Crippen molar-refractivity contribution in [2.45, 2.75) is 55.9 Å². The van der Waals surface area contributed by atoms with Gasteiger partial charge in [0, 0.05) is 18.7 Å². The number of amides is 1. The molecule has 0 N–H and O–H groups in total. The lowest BCUT2D eigenvalue weighted by Crippen LogP contribution is -2.58. The Balaban J connectivity index is 1.62. The summed E-state index contributed by atoms with van der Waals surface area (Å²) in [5, 5.41) is 0. The molecule has 2 aromatic carbocycles. The highest BCUT2D eigenvalue weighted by Gasteiger charge is 2.68. The fourth-order valence-electron chi connectivity index (χ4n) is 6.69. The summed E-state index contributed by atoms with van der Waals surface area (Å²) in [6.07, 6.45) is 5.30. The summed E-state index contributed by atoms with van der Waals surface area (Å²) < 4.78 is 29.4. The third-order valence-corrected chi connectivity index (χ3v) is 9.68. The summed E-state index contributed by atoms with van der Waals surface area (Å²) in [5.41, 5.74) is 2.83. The lowest BCUT2D eigenvalue weighted by Gasteiger charge is -2.53. The minimum atomic E-state index is -3.81. The van der Waals surface area contributed by atoms with Crippen LogP contribution in [-0.4, -0.2) is 31.8 Å². The Kier molecular flexibility index (Phi) is 3.70. The number of carbonyl (C=O) groups excluding carboxylic acids is 1. The van der Waals surface area contributed by atoms with Crippen LogP contribution < -0.4 is 4.31 Å². The van der Waals surface area contributed by atoms with E-state index in [9.17, 15) is 13.2 Å². The molecule has 1 amide bonds. The topological polar surface area (TPSA) is 57.7 Å². The van der Waals surface area contributed by atoms with Crippen LogP contribution in [0.25, 0.3) is 0 Å². The lowest BCUT2D eigenvalue weighted by atomic mass is 9.57. The summed E-state index contributed by atoms with van der Waals surface area (Å²) in [6, 6.07) is 14.8. The number of rotatable bonds is 2. The Morgan fingerprint density at radius 2 is 1.81 bits per heavy atom. The van der Waals surface area contributed by atoms with E-state index < -0.39 is 15.4 Å². The molecular formula is C25H26N2O3S. The van der Waals surface area contributed by atoms with E-state index in [1.54, 1.807) is 12.1 Å². The molecule has 2 fully saturated rings. The number of sulfonamides is 1. The molecule has 1 spiro atoms. The highest BCUT2D eigenvalue weighted by molar-refractivity contribution is 7.93. The van der Waals surface area contributed by atoms with Gasteiger partial charge in [-0.15, -0.1) is 0 Å². The molecule has 0 unspecified atom stereocenters. The minimum Gasteiger partial charge on any atom is -0.338 e. The number of para-hydroxylation sites is 1. The number of aryl methyl sites for hydroxylation is 1. The largest absolute Gasteiger partial charge is 0.338 e. The van der Waals surface area contributed by atoms with Crippen LogP contribution in [0, 0.1) is 12.3 Å². The number of nitrogens with zero attached hydrogens (tertiary/aromatic N) is 2. The smallest absolute Gasteiger partial charge is 0.268 e. The number of fused-ring (bicyclic) bond motifs is 1. The van der Waals surface area contributed by atoms with Crippen molar-refractivity contribution in [3.8, 4) is 0 Å². The van der Waals surface area contributed by atoms with E-state index >= 15 is 0 Å². The van der Waals surface area contributed by atoms with Crippen molar-refractivity contribution in [2.75, 3.05) is 10.8 Å². The summed E-state index contributed by atoms with van der Waals surface area (Å²) in [6.45, 7) is 4.99. The van der Waals surface area contributed by atoms with Crippen LogP contribution in [0.15, 0.2) is 65.2 Å². The van der Waals surface area contributed by atoms with E-state index in [-0.39, 0.29) is 22.3 Å². The van der Waals surface area contributed by atoms with Crippen LogP contribution in [0.2, 0.25) is 0 Å². The molecule has 31 heavy (non-hydrogen) atoms. The summed E-state index contributed by atoms with van der Waals surface area (Å²) in [4.78, 5) is 15.6. The number of carbonyl (C=O) groups is 1. The van der Waals surface area contributed by atoms with Crippen LogP contribution >= 0.6 is 0 Å². The standard InChI is InChI=1S/C25H26N2O3S/c1-17-8-10-18(11-9-17)31(29,30)27-20-7-4-3-6-19(20)25-16-22(28)26-15-5-13-24(2,23(25)26)14-12-21(25)27/h3-4,6-12,23H,5,13-16H2,1-2H3/t23-,24-,25-/m1/s1. The summed E-state index contributed by atoms with van der Waals surface area (Å²) >= 11 is 0. The van der Waals surface area contributed by atoms with Gasteiger partial charge in [-0.3, -0.25) is 4.79 Å². The van der Waals surface area contributed by atoms with Crippen molar-refractivity contribution in [2.24, 2.45) is 5.41 Å². The maximum atomic E-state index is 13.9. The van der Waals surface area contributed by atoms with Gasteiger partial charge < -0.3 is 4.90 Å². The Bertz CT molecular complexity index is 1250. The second kappa shape index (κ2) is 6.00. The fourth-order valence-corrected chi connectivity index (χ4v) is 8.30. The van der Waals surface area contributed by atoms with E-state index in [2.05, 4.69) is 17.9 Å². The molecule has 2 saturated heterocycles. The van der Waals surface area contributed by atoms with Gasteiger partial charge >= 0.3 is 0 Å². The van der Waals surface area contributed by atoms with E-state index in [0.29, 0.717) is 12.1 Å². The average molecular weight is 435 g/mol. The van der Waals surface area contributed by atoms with Crippen LogP contribution in [0.4, 0.5) is 5.69 Å². The fraction of sp³-hybridized carbons (Fsp3) is 0.400. The van der Waals surface area contributed by atoms with Crippen molar-refractivity contribution in [1.29, 1.82) is 0 Å². The van der Waals surface area contributed by atoms with Crippen molar-refractivity contribution in [3.63, 3.8) is 0 Å². The molecule has 0 aromatic heterocycles. The zero-order valence-corrected chi connectivity index (χ0v) is 18.7. The first kappa shape index (κ1) is 19.1. The van der Waals surface area contributed by atoms with Gasteiger partial charge in [-0.2, -0.15) is 0 Å². The molecular weight excluding hydrogens is 408 g/mol. The predicted octanol–water partition coefficient (Wildman–Crippen LogP) is 4.13. The number of anilines is 1. The number of benzene rings is 2. The molecule has 3 atom stereocenters. The summed E-state index contributed by atoms with van der Waals surface area (Å²) in [7, 11) is -3.81. The van der Waals surface area contributed by atoms with Crippen molar-refractivity contribution in [1.82, 2.24) is 4.90 Å². The van der Waals surface area contributed by atoms with Crippen LogP contribution in [-0.2, 0) is 20.2 Å². The molecule has 6 heteroatoms. The van der Waals surface area contributed by atoms with Gasteiger partial charge in [0.1, 0.15) is 0 Å². The molecule has 3 aliphatic heterocycles. The van der Waals surface area contributed by atoms with Crippen LogP contribution in [0.5, 0.6) is 0 Å². The van der Waals surface area contributed by atoms with E-state index in [4.69, 9.17) is 0 Å². The Morgan fingerprint density at radius 1 is 1.06 bits per heavy atom. The molecule has 2 aromatic rings. The van der Waals surface area contributed by atoms with Gasteiger partial charge in [0.2, 0.25) is 5.91 Å². The quantitative estimate of drug-likeness (QED) is 0.714. The van der Waals surface area contributed by atoms with E-state index in [0.717, 1.165) is 42.6 Å². The molecule has 160 valence electrons. The Hall–Kier alpha value is -2.60. The highest BCUT2D eigenvalue weighted by atomic mass is 32.2. The molecule has 0 saturated carbocycles. The Labute approximate surface area is 183 Å². The van der Waals surface area contributed by atoms with Crippen molar-refractivity contribution in [3.05, 3.63) is 71.4 Å². The molecule has 0 bridgehead atoms.